The van der Waals surface area contributed by atoms with Crippen LogP contribution in [-0.2, 0) is 0 Å². The van der Waals surface area contributed by atoms with Crippen molar-refractivity contribution in [3.05, 3.63) is 34.2 Å². The minimum Gasteiger partial charge on any atom is -0.451 e. The van der Waals surface area contributed by atoms with E-state index < -0.39 is 5.91 Å². The van der Waals surface area contributed by atoms with Gasteiger partial charge in [-0.05, 0) is 25.0 Å². The predicted octanol–water partition coefficient (Wildman–Crippen LogP) is -0.947. The van der Waals surface area contributed by atoms with Gasteiger partial charge < -0.3 is 21.0 Å². The number of furan rings is 1. The lowest BCUT2D eigenvalue weighted by Crippen LogP contribution is -2.35. The summed E-state index contributed by atoms with van der Waals surface area (Å²) in [5.74, 6) is -0.320. The molecule has 1 fully saturated rings. The Morgan fingerprint density at radius 3 is 3.00 bits per heavy atom. The highest BCUT2D eigenvalue weighted by Crippen LogP contribution is 2.56. The molecule has 1 spiro atoms. The Labute approximate surface area is 96.6 Å². The van der Waals surface area contributed by atoms with Gasteiger partial charge in [0.2, 0.25) is 0 Å². The minimum absolute atomic E-state index is 0.103. The summed E-state index contributed by atoms with van der Waals surface area (Å²) in [5, 5.41) is 0.910. The summed E-state index contributed by atoms with van der Waals surface area (Å²) in [4.78, 5) is 11.1. The number of carbonyl (C=O) groups excluding carboxylic acids is 1. The molecule has 5 heteroatoms. The fourth-order valence-electron chi connectivity index (χ4n) is 2.63. The summed E-state index contributed by atoms with van der Waals surface area (Å²) in [6, 6.07) is 1.70. The lowest BCUT2D eigenvalue weighted by atomic mass is 9.90. The van der Waals surface area contributed by atoms with Gasteiger partial charge in [0.25, 0.3) is 5.91 Å². The number of carbonyl (C=O) groups is 1. The van der Waals surface area contributed by atoms with Crippen molar-refractivity contribution in [3.8, 4) is 0 Å². The molecule has 3 aliphatic rings. The normalized spacial score (nSPS) is 21.9. The van der Waals surface area contributed by atoms with Gasteiger partial charge in [-0.1, -0.05) is 0 Å². The van der Waals surface area contributed by atoms with Crippen LogP contribution in [0.1, 0.15) is 23.4 Å². The summed E-state index contributed by atoms with van der Waals surface area (Å²) in [7, 11) is 0. The SMILES string of the molecule is NC(=O)c1cc2c(o1)=CC1(CC1)C1=CNNC=21. The molecule has 86 valence electrons. The third-order valence-electron chi connectivity index (χ3n) is 3.69. The molecule has 2 heterocycles. The lowest BCUT2D eigenvalue weighted by molar-refractivity contribution is 0.0972. The Morgan fingerprint density at radius 1 is 1.47 bits per heavy atom. The number of fused-ring (bicyclic) bond motifs is 3. The molecule has 0 unspecified atom stereocenters. The molecular weight excluding hydrogens is 218 g/mol. The average molecular weight is 229 g/mol. The summed E-state index contributed by atoms with van der Waals surface area (Å²) in [6.07, 6.45) is 6.34. The number of nitrogens with two attached hydrogens (primary N) is 1. The van der Waals surface area contributed by atoms with Crippen LogP contribution in [0.25, 0.3) is 11.8 Å². The van der Waals surface area contributed by atoms with E-state index in [1.54, 1.807) is 6.07 Å². The second kappa shape index (κ2) is 2.56. The zero-order valence-electron chi connectivity index (χ0n) is 9.04. The van der Waals surface area contributed by atoms with Gasteiger partial charge in [-0.2, -0.15) is 0 Å². The summed E-state index contributed by atoms with van der Waals surface area (Å²) in [5.41, 5.74) is 14.5. The Hall–Kier alpha value is -2.17. The molecule has 1 aromatic heterocycles. The van der Waals surface area contributed by atoms with Gasteiger partial charge in [-0.15, -0.1) is 0 Å². The van der Waals surface area contributed by atoms with Crippen molar-refractivity contribution < 1.29 is 9.21 Å². The Balaban J connectivity index is 2.09. The highest BCUT2D eigenvalue weighted by atomic mass is 16.3. The van der Waals surface area contributed by atoms with E-state index in [9.17, 15) is 4.79 Å². The maximum Gasteiger partial charge on any atom is 0.284 e. The smallest absolute Gasteiger partial charge is 0.284 e. The van der Waals surface area contributed by atoms with Crippen molar-refractivity contribution in [1.29, 1.82) is 0 Å². The lowest BCUT2D eigenvalue weighted by Gasteiger charge is -2.15. The molecule has 1 aromatic rings. The van der Waals surface area contributed by atoms with Gasteiger partial charge in [-0.3, -0.25) is 4.79 Å². The first-order chi connectivity index (χ1) is 8.20. The van der Waals surface area contributed by atoms with Crippen molar-refractivity contribution in [3.63, 3.8) is 0 Å². The summed E-state index contributed by atoms with van der Waals surface area (Å²) in [6.45, 7) is 0. The van der Waals surface area contributed by atoms with Crippen molar-refractivity contribution in [2.24, 2.45) is 11.1 Å². The van der Waals surface area contributed by atoms with Crippen molar-refractivity contribution in [2.75, 3.05) is 0 Å². The van der Waals surface area contributed by atoms with E-state index in [1.165, 1.54) is 5.57 Å². The van der Waals surface area contributed by atoms with Gasteiger partial charge in [-0.25, -0.2) is 0 Å². The zero-order chi connectivity index (χ0) is 11.6. The van der Waals surface area contributed by atoms with E-state index in [0.29, 0.717) is 0 Å². The Bertz CT molecular complexity index is 692. The van der Waals surface area contributed by atoms with Crippen LogP contribution in [-0.4, -0.2) is 5.91 Å². The molecule has 1 amide bonds. The van der Waals surface area contributed by atoms with E-state index >= 15 is 0 Å². The Morgan fingerprint density at radius 2 is 2.29 bits per heavy atom. The third kappa shape index (κ3) is 1.01. The molecular formula is C12H11N3O2. The first-order valence-corrected chi connectivity index (χ1v) is 5.59. The highest BCUT2D eigenvalue weighted by Gasteiger charge is 2.48. The van der Waals surface area contributed by atoms with Gasteiger partial charge in [0, 0.05) is 22.4 Å². The molecule has 2 aliphatic carbocycles. The predicted molar refractivity (Wildman–Crippen MR) is 60.4 cm³/mol. The molecule has 0 saturated heterocycles. The first-order valence-electron chi connectivity index (χ1n) is 5.59. The molecule has 0 bridgehead atoms. The van der Waals surface area contributed by atoms with E-state index in [4.69, 9.17) is 10.2 Å². The van der Waals surface area contributed by atoms with Crippen LogP contribution < -0.4 is 27.2 Å². The van der Waals surface area contributed by atoms with Crippen molar-refractivity contribution in [2.45, 2.75) is 12.8 Å². The zero-order valence-corrected chi connectivity index (χ0v) is 9.04. The fraction of sp³-hybridized carbons (Fsp3) is 0.250. The van der Waals surface area contributed by atoms with E-state index in [1.807, 2.05) is 6.20 Å². The number of hydrazine groups is 1. The molecule has 0 radical (unpaired) electrons. The van der Waals surface area contributed by atoms with Crippen LogP contribution >= 0.6 is 0 Å². The topological polar surface area (TPSA) is 80.3 Å². The van der Waals surface area contributed by atoms with Crippen molar-refractivity contribution >= 4 is 17.7 Å². The van der Waals surface area contributed by atoms with Gasteiger partial charge in [0.05, 0.1) is 5.70 Å². The first kappa shape index (κ1) is 8.92. The van der Waals surface area contributed by atoms with Gasteiger partial charge >= 0.3 is 0 Å². The van der Waals surface area contributed by atoms with Crippen LogP contribution in [0.15, 0.2) is 22.3 Å². The standard InChI is InChI=1S/C12H11N3O2/c13-11(16)8-3-6-9(17-8)4-12(1-2-12)7-5-14-15-10(6)7/h3-5,14-15H,1-2H2,(H2,13,16). The molecule has 4 rings (SSSR count). The number of primary amides is 1. The van der Waals surface area contributed by atoms with Gasteiger partial charge in [0.15, 0.2) is 5.76 Å². The van der Waals surface area contributed by atoms with Crippen LogP contribution in [0.5, 0.6) is 0 Å². The number of nitrogens with one attached hydrogen (secondary N) is 2. The fourth-order valence-corrected chi connectivity index (χ4v) is 2.63. The monoisotopic (exact) mass is 229 g/mol. The van der Waals surface area contributed by atoms with Crippen LogP contribution in [0.2, 0.25) is 0 Å². The molecule has 0 atom stereocenters. The van der Waals surface area contributed by atoms with E-state index in [-0.39, 0.29) is 11.2 Å². The molecule has 0 aromatic carbocycles. The maximum absolute atomic E-state index is 11.1. The van der Waals surface area contributed by atoms with E-state index in [2.05, 4.69) is 16.9 Å². The number of amides is 1. The third-order valence-corrected chi connectivity index (χ3v) is 3.69. The largest absolute Gasteiger partial charge is 0.451 e. The summed E-state index contributed by atoms with van der Waals surface area (Å²) >= 11 is 0. The highest BCUT2D eigenvalue weighted by molar-refractivity contribution is 5.90. The quantitative estimate of drug-likeness (QED) is 0.580. The molecule has 1 saturated carbocycles. The van der Waals surface area contributed by atoms with Gasteiger partial charge in [0.1, 0.15) is 5.42 Å². The second-order valence-corrected chi connectivity index (χ2v) is 4.76. The minimum atomic E-state index is -0.533. The molecule has 4 N–H and O–H groups in total. The van der Waals surface area contributed by atoms with Crippen LogP contribution in [0.4, 0.5) is 0 Å². The number of rotatable bonds is 1. The summed E-state index contributed by atoms with van der Waals surface area (Å²) < 4.78 is 5.51. The molecule has 1 aliphatic heterocycles. The second-order valence-electron chi connectivity index (χ2n) is 4.76. The number of hydrogen-bond acceptors (Lipinski definition) is 4. The number of hydrogen-bond donors (Lipinski definition) is 3. The molecule has 17 heavy (non-hydrogen) atoms. The van der Waals surface area contributed by atoms with Crippen LogP contribution in [0.3, 0.4) is 0 Å². The average Bonchev–Trinajstić information content (AvgIpc) is 2.77. The van der Waals surface area contributed by atoms with Crippen molar-refractivity contribution in [1.82, 2.24) is 10.9 Å². The van der Waals surface area contributed by atoms with Crippen LogP contribution in [0, 0.1) is 5.41 Å². The van der Waals surface area contributed by atoms with E-state index in [0.717, 1.165) is 29.2 Å². The Kier molecular flexibility index (Phi) is 1.34. The molecule has 5 nitrogen and oxygen atoms in total. The maximum atomic E-state index is 11.1.